The van der Waals surface area contributed by atoms with Crippen molar-refractivity contribution < 1.29 is 13.2 Å². The van der Waals surface area contributed by atoms with E-state index in [0.29, 0.717) is 0 Å². The molecule has 0 saturated heterocycles. The van der Waals surface area contributed by atoms with E-state index in [1.165, 1.54) is 7.11 Å². The van der Waals surface area contributed by atoms with Gasteiger partial charge in [-0.3, -0.25) is 0 Å². The number of hydrogen-bond donors (Lipinski definition) is 0. The van der Waals surface area contributed by atoms with Crippen molar-refractivity contribution in [3.8, 4) is 6.07 Å². The third-order valence-electron chi connectivity index (χ3n) is 3.80. The van der Waals surface area contributed by atoms with Crippen LogP contribution in [0.25, 0.3) is 0 Å². The Kier molecular flexibility index (Phi) is 3.66. The topological polar surface area (TPSA) is 67.2 Å². The maximum absolute atomic E-state index is 12.2. The van der Waals surface area contributed by atoms with Crippen molar-refractivity contribution in [3.63, 3.8) is 0 Å². The average Bonchev–Trinajstić information content (AvgIpc) is 3.10. The first kappa shape index (κ1) is 14.0. The molecule has 4 nitrogen and oxygen atoms in total. The summed E-state index contributed by atoms with van der Waals surface area (Å²) >= 11 is 0. The van der Waals surface area contributed by atoms with Crippen LogP contribution in [0.4, 0.5) is 0 Å². The number of nitriles is 1. The molecule has 1 aromatic carbocycles. The minimum Gasteiger partial charge on any atom is -0.383 e. The molecule has 19 heavy (non-hydrogen) atoms. The van der Waals surface area contributed by atoms with Gasteiger partial charge in [-0.05, 0) is 5.56 Å². The van der Waals surface area contributed by atoms with Crippen molar-refractivity contribution >= 4 is 9.84 Å². The van der Waals surface area contributed by atoms with Crippen LogP contribution in [0.2, 0.25) is 0 Å². The van der Waals surface area contributed by atoms with Crippen molar-refractivity contribution in [2.45, 2.75) is 18.1 Å². The largest absolute Gasteiger partial charge is 0.383 e. The van der Waals surface area contributed by atoms with Gasteiger partial charge in [0.2, 0.25) is 0 Å². The van der Waals surface area contributed by atoms with Crippen LogP contribution in [0.3, 0.4) is 0 Å². The number of nitrogens with zero attached hydrogens (tertiary/aromatic N) is 1. The monoisotopic (exact) mass is 279 g/mol. The molecule has 1 aromatic rings. The van der Waals surface area contributed by atoms with E-state index in [2.05, 4.69) is 6.07 Å². The van der Waals surface area contributed by atoms with Crippen LogP contribution < -0.4 is 0 Å². The van der Waals surface area contributed by atoms with Gasteiger partial charge in [-0.15, -0.1) is 0 Å². The van der Waals surface area contributed by atoms with Gasteiger partial charge in [0.05, 0.1) is 17.9 Å². The fraction of sp³-hybridized carbons (Fsp3) is 0.500. The van der Waals surface area contributed by atoms with Crippen LogP contribution in [0.1, 0.15) is 18.4 Å². The molecule has 1 aliphatic rings. The van der Waals surface area contributed by atoms with Crippen LogP contribution in [-0.2, 0) is 14.6 Å². The van der Waals surface area contributed by atoms with E-state index in [4.69, 9.17) is 4.74 Å². The normalized spacial score (nSPS) is 29.7. The van der Waals surface area contributed by atoms with Crippen LogP contribution in [-0.4, -0.2) is 33.1 Å². The van der Waals surface area contributed by atoms with Crippen molar-refractivity contribution in [2.24, 2.45) is 5.41 Å². The highest BCUT2D eigenvalue weighted by Gasteiger charge is 2.71. The van der Waals surface area contributed by atoms with Gasteiger partial charge in [-0.2, -0.15) is 5.26 Å². The lowest BCUT2D eigenvalue weighted by molar-refractivity contribution is 0.162. The highest BCUT2D eigenvalue weighted by molar-refractivity contribution is 7.92. The van der Waals surface area contributed by atoms with Crippen LogP contribution in [0, 0.1) is 16.7 Å². The molecule has 1 fully saturated rings. The van der Waals surface area contributed by atoms with E-state index in [1.54, 1.807) is 6.92 Å². The molecule has 5 heteroatoms. The molecule has 2 rings (SSSR count). The Morgan fingerprint density at radius 2 is 2.00 bits per heavy atom. The van der Waals surface area contributed by atoms with Crippen LogP contribution >= 0.6 is 0 Å². The van der Waals surface area contributed by atoms with E-state index < -0.39 is 20.5 Å². The predicted molar refractivity (Wildman–Crippen MR) is 72.4 cm³/mol. The highest BCUT2D eigenvalue weighted by atomic mass is 32.2. The molecular weight excluding hydrogens is 262 g/mol. The zero-order chi connectivity index (χ0) is 14.1. The molecule has 1 aliphatic carbocycles. The Bertz CT molecular complexity index is 591. The Labute approximate surface area is 113 Å². The van der Waals surface area contributed by atoms with Crippen molar-refractivity contribution in [3.05, 3.63) is 35.9 Å². The summed E-state index contributed by atoms with van der Waals surface area (Å²) in [5, 5.41) is 8.80. The van der Waals surface area contributed by atoms with Crippen molar-refractivity contribution in [1.29, 1.82) is 5.26 Å². The lowest BCUT2D eigenvalue weighted by atomic mass is 10.0. The Morgan fingerprint density at radius 3 is 2.47 bits per heavy atom. The third kappa shape index (κ3) is 2.15. The lowest BCUT2D eigenvalue weighted by Crippen LogP contribution is -2.20. The molecule has 102 valence electrons. The molecule has 0 aliphatic heterocycles. The number of sulfone groups is 1. The summed E-state index contributed by atoms with van der Waals surface area (Å²) in [6.45, 7) is 1.76. The molecule has 1 saturated carbocycles. The summed E-state index contributed by atoms with van der Waals surface area (Å²) in [7, 11) is -1.77. The molecule has 0 radical (unpaired) electrons. The fourth-order valence-electron chi connectivity index (χ4n) is 2.82. The van der Waals surface area contributed by atoms with E-state index in [1.807, 2.05) is 30.3 Å². The Hall–Kier alpha value is -1.38. The summed E-state index contributed by atoms with van der Waals surface area (Å²) in [5.41, 5.74) is -0.0478. The van der Waals surface area contributed by atoms with Gasteiger partial charge in [-0.25, -0.2) is 8.42 Å². The summed E-state index contributed by atoms with van der Waals surface area (Å²) in [6, 6.07) is 11.5. The number of benzene rings is 1. The molecule has 0 heterocycles. The fourth-order valence-corrected chi connectivity index (χ4v) is 4.82. The van der Waals surface area contributed by atoms with Crippen LogP contribution in [0.15, 0.2) is 30.3 Å². The van der Waals surface area contributed by atoms with Crippen molar-refractivity contribution in [2.75, 3.05) is 19.5 Å². The van der Waals surface area contributed by atoms with E-state index >= 15 is 0 Å². The first-order valence-electron chi connectivity index (χ1n) is 6.20. The number of rotatable bonds is 5. The molecule has 0 aromatic heterocycles. The van der Waals surface area contributed by atoms with Crippen LogP contribution in [0.5, 0.6) is 0 Å². The first-order valence-corrected chi connectivity index (χ1v) is 7.91. The van der Waals surface area contributed by atoms with Gasteiger partial charge < -0.3 is 4.74 Å². The maximum atomic E-state index is 12.2. The van der Waals surface area contributed by atoms with Gasteiger partial charge in [0.25, 0.3) is 0 Å². The maximum Gasteiger partial charge on any atom is 0.155 e. The van der Waals surface area contributed by atoms with Gasteiger partial charge in [-0.1, -0.05) is 37.3 Å². The van der Waals surface area contributed by atoms with Gasteiger partial charge >= 0.3 is 0 Å². The van der Waals surface area contributed by atoms with E-state index in [-0.39, 0.29) is 18.3 Å². The number of hydrogen-bond acceptors (Lipinski definition) is 4. The zero-order valence-electron chi connectivity index (χ0n) is 11.0. The number of methoxy groups -OCH3 is 1. The molecule has 3 atom stereocenters. The average molecular weight is 279 g/mol. The summed E-state index contributed by atoms with van der Waals surface area (Å²) in [5.74, 6) is -0.239. The SMILES string of the molecule is CCS(=O)(=O)[C@H]1[C@@H](c2ccccc2)[C@@]1(C#N)COC. The molecule has 0 bridgehead atoms. The standard InChI is InChI=1S/C14H17NO3S/c1-3-19(16,17)13-12(11-7-5-4-6-8-11)14(13,9-15)10-18-2/h4-8,12-13H,3,10H2,1-2H3/t12-,13+,14-/m1/s1. The first-order chi connectivity index (χ1) is 9.03. The zero-order valence-corrected chi connectivity index (χ0v) is 11.9. The molecule has 0 N–H and O–H groups in total. The second-order valence-electron chi connectivity index (χ2n) is 4.85. The molecule has 0 spiro atoms. The van der Waals surface area contributed by atoms with E-state index in [9.17, 15) is 13.7 Å². The number of ether oxygens (including phenoxy) is 1. The van der Waals surface area contributed by atoms with Crippen molar-refractivity contribution in [1.82, 2.24) is 0 Å². The van der Waals surface area contributed by atoms with Gasteiger partial charge in [0, 0.05) is 18.8 Å². The summed E-state index contributed by atoms with van der Waals surface area (Å²) in [4.78, 5) is 0. The molecule has 0 unspecified atom stereocenters. The Balaban J connectivity index is 2.45. The van der Waals surface area contributed by atoms with Gasteiger partial charge in [0.15, 0.2) is 9.84 Å². The second kappa shape index (κ2) is 4.95. The second-order valence-corrected chi connectivity index (χ2v) is 7.26. The smallest absolute Gasteiger partial charge is 0.155 e. The molecular formula is C14H17NO3S. The quantitative estimate of drug-likeness (QED) is 0.823. The third-order valence-corrected chi connectivity index (χ3v) is 6.07. The minimum atomic E-state index is -3.27. The lowest BCUT2D eigenvalue weighted by Gasteiger charge is -2.07. The minimum absolute atomic E-state index is 0.0497. The summed E-state index contributed by atoms with van der Waals surface area (Å²) in [6.07, 6.45) is 0. The van der Waals surface area contributed by atoms with E-state index in [0.717, 1.165) is 5.56 Å². The predicted octanol–water partition coefficient (Wildman–Crippen LogP) is 1.74. The van der Waals surface area contributed by atoms with Gasteiger partial charge in [0.1, 0.15) is 5.41 Å². The highest BCUT2D eigenvalue weighted by Crippen LogP contribution is 2.62. The Morgan fingerprint density at radius 1 is 1.37 bits per heavy atom. The summed E-state index contributed by atoms with van der Waals surface area (Å²) < 4.78 is 29.5. The molecule has 0 amide bonds.